The standard InChI is InChI=1S/C19H19N5O/c25-19(23-17-8-7-14-4-1-2-6-16(14)17)22-12-15-5-3-9-21-18(15)24-11-10-20-13-24/h1-6,9-11,13,17H,7-8,12H2,(H2,22,23,25)/t17-/m0/s1. The average Bonchev–Trinajstić information content (AvgIpc) is 3.31. The molecule has 0 fully saturated rings. The number of hydrogen-bond acceptors (Lipinski definition) is 3. The van der Waals surface area contributed by atoms with E-state index in [-0.39, 0.29) is 12.1 Å². The minimum atomic E-state index is -0.165. The molecule has 0 aliphatic heterocycles. The van der Waals surface area contributed by atoms with E-state index >= 15 is 0 Å². The van der Waals surface area contributed by atoms with Gasteiger partial charge in [0.25, 0.3) is 0 Å². The molecule has 25 heavy (non-hydrogen) atoms. The summed E-state index contributed by atoms with van der Waals surface area (Å²) in [4.78, 5) is 20.7. The third-order valence-electron chi connectivity index (χ3n) is 4.49. The first-order valence-corrected chi connectivity index (χ1v) is 8.35. The summed E-state index contributed by atoms with van der Waals surface area (Å²) in [6, 6.07) is 12.0. The molecule has 2 aromatic heterocycles. The number of fused-ring (bicyclic) bond motifs is 1. The number of aromatic nitrogens is 3. The van der Waals surface area contributed by atoms with E-state index in [2.05, 4.69) is 32.7 Å². The molecule has 126 valence electrons. The zero-order valence-corrected chi connectivity index (χ0v) is 13.7. The maximum atomic E-state index is 12.3. The number of nitrogens with one attached hydrogen (secondary N) is 2. The van der Waals surface area contributed by atoms with E-state index in [0.717, 1.165) is 24.2 Å². The first-order chi connectivity index (χ1) is 12.3. The summed E-state index contributed by atoms with van der Waals surface area (Å²) >= 11 is 0. The van der Waals surface area contributed by atoms with E-state index in [4.69, 9.17) is 0 Å². The van der Waals surface area contributed by atoms with Crippen LogP contribution in [-0.4, -0.2) is 20.6 Å². The van der Waals surface area contributed by atoms with Crippen molar-refractivity contribution in [2.45, 2.75) is 25.4 Å². The summed E-state index contributed by atoms with van der Waals surface area (Å²) < 4.78 is 1.84. The highest BCUT2D eigenvalue weighted by Gasteiger charge is 2.23. The van der Waals surface area contributed by atoms with Gasteiger partial charge in [-0.3, -0.25) is 4.57 Å². The van der Waals surface area contributed by atoms with Gasteiger partial charge < -0.3 is 10.6 Å². The molecule has 4 rings (SSSR count). The number of carbonyl (C=O) groups excluding carboxylic acids is 1. The van der Waals surface area contributed by atoms with Crippen LogP contribution in [-0.2, 0) is 13.0 Å². The minimum Gasteiger partial charge on any atom is -0.334 e. The summed E-state index contributed by atoms with van der Waals surface area (Å²) in [5.41, 5.74) is 3.48. The molecule has 2 amide bonds. The number of amides is 2. The molecule has 0 saturated carbocycles. The number of imidazole rings is 1. The normalized spacial score (nSPS) is 15.6. The molecule has 1 atom stereocenters. The molecule has 1 aliphatic carbocycles. The van der Waals surface area contributed by atoms with E-state index < -0.39 is 0 Å². The Morgan fingerprint density at radius 3 is 3.00 bits per heavy atom. The lowest BCUT2D eigenvalue weighted by molar-refractivity contribution is 0.236. The summed E-state index contributed by atoms with van der Waals surface area (Å²) in [7, 11) is 0. The highest BCUT2D eigenvalue weighted by molar-refractivity contribution is 5.74. The fraction of sp³-hybridized carbons (Fsp3) is 0.211. The number of aryl methyl sites for hydroxylation is 1. The quantitative estimate of drug-likeness (QED) is 0.771. The van der Waals surface area contributed by atoms with Crippen molar-refractivity contribution in [3.8, 4) is 5.82 Å². The second-order valence-corrected chi connectivity index (χ2v) is 6.07. The van der Waals surface area contributed by atoms with Gasteiger partial charge >= 0.3 is 6.03 Å². The molecule has 0 radical (unpaired) electrons. The van der Waals surface area contributed by atoms with Crippen molar-refractivity contribution in [1.82, 2.24) is 25.2 Å². The Kier molecular flexibility index (Phi) is 4.16. The van der Waals surface area contributed by atoms with Crippen LogP contribution in [0.15, 0.2) is 61.3 Å². The monoisotopic (exact) mass is 333 g/mol. The van der Waals surface area contributed by atoms with Crippen LogP contribution in [0, 0.1) is 0 Å². The number of rotatable bonds is 4. The van der Waals surface area contributed by atoms with E-state index in [9.17, 15) is 4.79 Å². The largest absolute Gasteiger partial charge is 0.334 e. The van der Waals surface area contributed by atoms with E-state index in [1.54, 1.807) is 18.7 Å². The van der Waals surface area contributed by atoms with Crippen molar-refractivity contribution in [2.24, 2.45) is 0 Å². The third kappa shape index (κ3) is 3.24. The molecule has 0 bridgehead atoms. The van der Waals surface area contributed by atoms with Gasteiger partial charge in [-0.1, -0.05) is 30.3 Å². The van der Waals surface area contributed by atoms with Gasteiger partial charge in [0, 0.05) is 30.7 Å². The highest BCUT2D eigenvalue weighted by Crippen LogP contribution is 2.30. The van der Waals surface area contributed by atoms with Crippen LogP contribution in [0.5, 0.6) is 0 Å². The lowest BCUT2D eigenvalue weighted by Crippen LogP contribution is -2.37. The molecule has 0 spiro atoms. The Balaban J connectivity index is 1.41. The van der Waals surface area contributed by atoms with E-state index in [0.29, 0.717) is 6.54 Å². The average molecular weight is 333 g/mol. The number of benzene rings is 1. The van der Waals surface area contributed by atoms with Crippen molar-refractivity contribution in [1.29, 1.82) is 0 Å². The number of nitrogens with zero attached hydrogens (tertiary/aromatic N) is 3. The predicted octanol–water partition coefficient (Wildman–Crippen LogP) is 2.75. The predicted molar refractivity (Wildman–Crippen MR) is 94.2 cm³/mol. The van der Waals surface area contributed by atoms with Crippen LogP contribution in [0.4, 0.5) is 4.79 Å². The Labute approximate surface area is 145 Å². The van der Waals surface area contributed by atoms with Gasteiger partial charge in [0.15, 0.2) is 0 Å². The maximum Gasteiger partial charge on any atom is 0.315 e. The van der Waals surface area contributed by atoms with Crippen molar-refractivity contribution in [2.75, 3.05) is 0 Å². The number of urea groups is 1. The van der Waals surface area contributed by atoms with Crippen LogP contribution < -0.4 is 10.6 Å². The Hall–Kier alpha value is -3.15. The summed E-state index contributed by atoms with van der Waals surface area (Å²) in [6.45, 7) is 0.404. The van der Waals surface area contributed by atoms with E-state index in [1.165, 1.54) is 11.1 Å². The van der Waals surface area contributed by atoms with Crippen molar-refractivity contribution < 1.29 is 4.79 Å². The summed E-state index contributed by atoms with van der Waals surface area (Å²) in [6.07, 6.45) is 8.92. The van der Waals surface area contributed by atoms with Crippen molar-refractivity contribution in [3.63, 3.8) is 0 Å². The van der Waals surface area contributed by atoms with Gasteiger partial charge in [-0.25, -0.2) is 14.8 Å². The molecule has 1 aromatic carbocycles. The van der Waals surface area contributed by atoms with Gasteiger partial charge in [-0.05, 0) is 30.0 Å². The van der Waals surface area contributed by atoms with Crippen LogP contribution in [0.3, 0.4) is 0 Å². The number of hydrogen-bond donors (Lipinski definition) is 2. The van der Waals surface area contributed by atoms with E-state index in [1.807, 2.05) is 35.0 Å². The zero-order valence-electron chi connectivity index (χ0n) is 13.7. The molecule has 0 unspecified atom stereocenters. The SMILES string of the molecule is O=C(NCc1cccnc1-n1ccnc1)N[C@H]1CCc2ccccc21. The first-order valence-electron chi connectivity index (χ1n) is 8.35. The summed E-state index contributed by atoms with van der Waals surface area (Å²) in [5.74, 6) is 0.770. The van der Waals surface area contributed by atoms with Crippen LogP contribution in [0.25, 0.3) is 5.82 Å². The number of carbonyl (C=O) groups is 1. The first kappa shape index (κ1) is 15.4. The lowest BCUT2D eigenvalue weighted by Gasteiger charge is -2.15. The minimum absolute atomic E-state index is 0.0817. The molecule has 1 aliphatic rings. The molecule has 2 N–H and O–H groups in total. The second kappa shape index (κ2) is 6.76. The zero-order chi connectivity index (χ0) is 17.1. The Bertz CT molecular complexity index is 875. The number of pyridine rings is 1. The van der Waals surface area contributed by atoms with Gasteiger partial charge in [0.05, 0.1) is 6.04 Å². The fourth-order valence-corrected chi connectivity index (χ4v) is 3.28. The van der Waals surface area contributed by atoms with Crippen LogP contribution in [0.2, 0.25) is 0 Å². The van der Waals surface area contributed by atoms with Gasteiger partial charge in [0.2, 0.25) is 0 Å². The Morgan fingerprint density at radius 1 is 1.20 bits per heavy atom. The van der Waals surface area contributed by atoms with Crippen LogP contribution >= 0.6 is 0 Å². The van der Waals surface area contributed by atoms with Gasteiger partial charge in [-0.2, -0.15) is 0 Å². The van der Waals surface area contributed by atoms with Crippen molar-refractivity contribution >= 4 is 6.03 Å². The lowest BCUT2D eigenvalue weighted by atomic mass is 10.1. The summed E-state index contributed by atoms with van der Waals surface area (Å²) in [5, 5.41) is 6.01. The van der Waals surface area contributed by atoms with Crippen molar-refractivity contribution in [3.05, 3.63) is 78.0 Å². The molecule has 2 heterocycles. The fourth-order valence-electron chi connectivity index (χ4n) is 3.28. The smallest absolute Gasteiger partial charge is 0.315 e. The topological polar surface area (TPSA) is 71.8 Å². The highest BCUT2D eigenvalue weighted by atomic mass is 16.2. The van der Waals surface area contributed by atoms with Crippen LogP contribution in [0.1, 0.15) is 29.2 Å². The third-order valence-corrected chi connectivity index (χ3v) is 4.49. The molecular formula is C19H19N5O. The van der Waals surface area contributed by atoms with Gasteiger partial charge in [-0.15, -0.1) is 0 Å². The molecule has 6 heteroatoms. The Morgan fingerprint density at radius 2 is 2.12 bits per heavy atom. The molecule has 6 nitrogen and oxygen atoms in total. The molecule has 0 saturated heterocycles. The maximum absolute atomic E-state index is 12.3. The second-order valence-electron chi connectivity index (χ2n) is 6.07. The van der Waals surface area contributed by atoms with Gasteiger partial charge in [0.1, 0.15) is 12.1 Å². The molecule has 3 aromatic rings. The molecular weight excluding hydrogens is 314 g/mol.